The van der Waals surface area contributed by atoms with Crippen molar-refractivity contribution < 1.29 is 9.47 Å². The molecule has 3 nitrogen and oxygen atoms in total. The molecule has 4 heteroatoms. The number of hydrogen-bond donors (Lipinski definition) is 0. The summed E-state index contributed by atoms with van der Waals surface area (Å²) in [6, 6.07) is 9.34. The van der Waals surface area contributed by atoms with Crippen LogP contribution in [-0.4, -0.2) is 11.6 Å². The average molecular weight is 294 g/mol. The van der Waals surface area contributed by atoms with E-state index in [2.05, 4.69) is 20.9 Å². The molecule has 0 fully saturated rings. The SMILES string of the molecule is CCOc1cccc(Oc2ccncc2Br)c1. The Bertz CT molecular complexity index is 502. The minimum Gasteiger partial charge on any atom is -0.494 e. The van der Waals surface area contributed by atoms with Crippen LogP contribution in [0.1, 0.15) is 6.92 Å². The van der Waals surface area contributed by atoms with E-state index in [0.29, 0.717) is 6.61 Å². The number of nitrogens with zero attached hydrogens (tertiary/aromatic N) is 1. The molecule has 2 rings (SSSR count). The van der Waals surface area contributed by atoms with Gasteiger partial charge in [0.05, 0.1) is 11.1 Å². The number of benzene rings is 1. The topological polar surface area (TPSA) is 31.4 Å². The molecule has 1 aromatic heterocycles. The van der Waals surface area contributed by atoms with E-state index in [1.165, 1.54) is 0 Å². The van der Waals surface area contributed by atoms with Crippen LogP contribution in [0.5, 0.6) is 17.2 Å². The number of pyridine rings is 1. The van der Waals surface area contributed by atoms with E-state index in [9.17, 15) is 0 Å². The van der Waals surface area contributed by atoms with Crippen LogP contribution in [0.3, 0.4) is 0 Å². The molecule has 0 atom stereocenters. The Kier molecular flexibility index (Phi) is 3.98. The first-order valence-electron chi connectivity index (χ1n) is 5.30. The molecule has 0 aliphatic carbocycles. The van der Waals surface area contributed by atoms with Gasteiger partial charge in [-0.05, 0) is 35.0 Å². The fourth-order valence-electron chi connectivity index (χ4n) is 1.37. The predicted molar refractivity (Wildman–Crippen MR) is 69.6 cm³/mol. The van der Waals surface area contributed by atoms with Crippen LogP contribution in [0.25, 0.3) is 0 Å². The Morgan fingerprint density at radius 3 is 2.82 bits per heavy atom. The predicted octanol–water partition coefficient (Wildman–Crippen LogP) is 4.04. The smallest absolute Gasteiger partial charge is 0.144 e. The van der Waals surface area contributed by atoms with Crippen molar-refractivity contribution in [3.8, 4) is 17.2 Å². The second-order valence-corrected chi connectivity index (χ2v) is 4.17. The van der Waals surface area contributed by atoms with E-state index in [1.54, 1.807) is 18.5 Å². The highest BCUT2D eigenvalue weighted by atomic mass is 79.9. The van der Waals surface area contributed by atoms with Crippen LogP contribution < -0.4 is 9.47 Å². The zero-order valence-electron chi connectivity index (χ0n) is 9.39. The van der Waals surface area contributed by atoms with Gasteiger partial charge in [-0.2, -0.15) is 0 Å². The molecule has 0 N–H and O–H groups in total. The molecule has 0 unspecified atom stereocenters. The Labute approximate surface area is 109 Å². The summed E-state index contributed by atoms with van der Waals surface area (Å²) >= 11 is 3.38. The van der Waals surface area contributed by atoms with Gasteiger partial charge < -0.3 is 9.47 Å². The molecule has 0 bridgehead atoms. The lowest BCUT2D eigenvalue weighted by molar-refractivity contribution is 0.338. The number of aromatic nitrogens is 1. The number of halogens is 1. The minimum absolute atomic E-state index is 0.641. The Morgan fingerprint density at radius 2 is 2.06 bits per heavy atom. The first kappa shape index (κ1) is 11.9. The van der Waals surface area contributed by atoms with E-state index < -0.39 is 0 Å². The maximum absolute atomic E-state index is 5.73. The van der Waals surface area contributed by atoms with Gasteiger partial charge >= 0.3 is 0 Å². The quantitative estimate of drug-likeness (QED) is 0.853. The first-order valence-corrected chi connectivity index (χ1v) is 6.09. The van der Waals surface area contributed by atoms with E-state index >= 15 is 0 Å². The third kappa shape index (κ3) is 3.20. The summed E-state index contributed by atoms with van der Waals surface area (Å²) in [5.41, 5.74) is 0. The van der Waals surface area contributed by atoms with Crippen molar-refractivity contribution in [2.24, 2.45) is 0 Å². The summed E-state index contributed by atoms with van der Waals surface area (Å²) in [4.78, 5) is 3.98. The number of hydrogen-bond acceptors (Lipinski definition) is 3. The maximum atomic E-state index is 5.73. The highest BCUT2D eigenvalue weighted by molar-refractivity contribution is 9.10. The Hall–Kier alpha value is -1.55. The van der Waals surface area contributed by atoms with Crippen molar-refractivity contribution in [1.82, 2.24) is 4.98 Å². The zero-order valence-corrected chi connectivity index (χ0v) is 11.0. The summed E-state index contributed by atoms with van der Waals surface area (Å²) in [5.74, 6) is 2.27. The van der Waals surface area contributed by atoms with Crippen LogP contribution in [0, 0.1) is 0 Å². The van der Waals surface area contributed by atoms with Gasteiger partial charge in [-0.25, -0.2) is 0 Å². The molecular weight excluding hydrogens is 282 g/mol. The molecule has 1 aromatic carbocycles. The molecule has 0 spiro atoms. The summed E-state index contributed by atoms with van der Waals surface area (Å²) in [6.45, 7) is 2.59. The Morgan fingerprint density at radius 1 is 1.24 bits per heavy atom. The third-order valence-electron chi connectivity index (χ3n) is 2.08. The van der Waals surface area contributed by atoms with Gasteiger partial charge in [0, 0.05) is 24.5 Å². The van der Waals surface area contributed by atoms with E-state index in [0.717, 1.165) is 21.7 Å². The monoisotopic (exact) mass is 293 g/mol. The molecular formula is C13H12BrNO2. The van der Waals surface area contributed by atoms with Gasteiger partial charge in [0.2, 0.25) is 0 Å². The molecule has 0 aliphatic rings. The minimum atomic E-state index is 0.641. The van der Waals surface area contributed by atoms with Crippen LogP contribution in [0.4, 0.5) is 0 Å². The average Bonchev–Trinajstić information content (AvgIpc) is 2.33. The Balaban J connectivity index is 2.18. The standard InChI is InChI=1S/C13H12BrNO2/c1-2-16-10-4-3-5-11(8-10)17-13-6-7-15-9-12(13)14/h3-9H,2H2,1H3. The molecule has 0 amide bonds. The van der Waals surface area contributed by atoms with Gasteiger partial charge in [0.1, 0.15) is 17.2 Å². The molecule has 0 saturated carbocycles. The normalized spacial score (nSPS) is 10.0. The van der Waals surface area contributed by atoms with Crippen LogP contribution in [-0.2, 0) is 0 Å². The van der Waals surface area contributed by atoms with Crippen molar-refractivity contribution in [1.29, 1.82) is 0 Å². The van der Waals surface area contributed by atoms with Crippen LogP contribution >= 0.6 is 15.9 Å². The van der Waals surface area contributed by atoms with Crippen molar-refractivity contribution in [2.45, 2.75) is 6.92 Å². The van der Waals surface area contributed by atoms with Crippen molar-refractivity contribution >= 4 is 15.9 Å². The summed E-state index contributed by atoms with van der Waals surface area (Å²) in [7, 11) is 0. The lowest BCUT2D eigenvalue weighted by Gasteiger charge is -2.09. The van der Waals surface area contributed by atoms with Crippen molar-refractivity contribution in [2.75, 3.05) is 6.61 Å². The summed E-state index contributed by atoms with van der Waals surface area (Å²) in [5, 5.41) is 0. The molecule has 1 heterocycles. The van der Waals surface area contributed by atoms with E-state index in [4.69, 9.17) is 9.47 Å². The maximum Gasteiger partial charge on any atom is 0.144 e. The fraction of sp³-hybridized carbons (Fsp3) is 0.154. The molecule has 88 valence electrons. The first-order chi connectivity index (χ1) is 8.29. The molecule has 17 heavy (non-hydrogen) atoms. The third-order valence-corrected chi connectivity index (χ3v) is 2.68. The fourth-order valence-corrected chi connectivity index (χ4v) is 1.70. The molecule has 0 radical (unpaired) electrons. The van der Waals surface area contributed by atoms with E-state index in [1.807, 2.05) is 31.2 Å². The second kappa shape index (κ2) is 5.68. The van der Waals surface area contributed by atoms with Gasteiger partial charge in [-0.15, -0.1) is 0 Å². The molecule has 2 aromatic rings. The van der Waals surface area contributed by atoms with Crippen molar-refractivity contribution in [3.05, 3.63) is 47.2 Å². The highest BCUT2D eigenvalue weighted by Crippen LogP contribution is 2.30. The highest BCUT2D eigenvalue weighted by Gasteiger charge is 2.03. The molecule has 0 aliphatic heterocycles. The largest absolute Gasteiger partial charge is 0.494 e. The van der Waals surface area contributed by atoms with Gasteiger partial charge in [-0.3, -0.25) is 4.98 Å². The van der Waals surface area contributed by atoms with E-state index in [-0.39, 0.29) is 0 Å². The zero-order chi connectivity index (χ0) is 12.1. The van der Waals surface area contributed by atoms with Crippen LogP contribution in [0.15, 0.2) is 47.2 Å². The summed E-state index contributed by atoms with van der Waals surface area (Å²) < 4.78 is 12.0. The van der Waals surface area contributed by atoms with Crippen molar-refractivity contribution in [3.63, 3.8) is 0 Å². The van der Waals surface area contributed by atoms with Gasteiger partial charge in [0.25, 0.3) is 0 Å². The number of ether oxygens (including phenoxy) is 2. The van der Waals surface area contributed by atoms with Crippen LogP contribution in [0.2, 0.25) is 0 Å². The molecule has 0 saturated heterocycles. The second-order valence-electron chi connectivity index (χ2n) is 3.32. The summed E-state index contributed by atoms with van der Waals surface area (Å²) in [6.07, 6.45) is 3.38. The lowest BCUT2D eigenvalue weighted by Crippen LogP contribution is -1.92. The van der Waals surface area contributed by atoms with Gasteiger partial charge in [0.15, 0.2) is 0 Å². The van der Waals surface area contributed by atoms with Gasteiger partial charge in [-0.1, -0.05) is 6.07 Å². The number of rotatable bonds is 4. The lowest BCUT2D eigenvalue weighted by atomic mass is 10.3.